The van der Waals surface area contributed by atoms with Crippen molar-refractivity contribution in [3.8, 4) is 11.3 Å². The first kappa shape index (κ1) is 10.8. The molecule has 84 valence electrons. The monoisotopic (exact) mass is 219 g/mol. The van der Waals surface area contributed by atoms with E-state index in [2.05, 4.69) is 15.3 Å². The Balaban J connectivity index is 2.51. The second-order valence-electron chi connectivity index (χ2n) is 3.66. The summed E-state index contributed by atoms with van der Waals surface area (Å²) < 4.78 is 13.6. The van der Waals surface area contributed by atoms with Crippen LogP contribution < -0.4 is 5.32 Å². The number of benzene rings is 1. The van der Waals surface area contributed by atoms with E-state index in [4.69, 9.17) is 0 Å². The Morgan fingerprint density at radius 1 is 1.38 bits per heavy atom. The van der Waals surface area contributed by atoms with E-state index in [0.29, 0.717) is 17.8 Å². The second kappa shape index (κ2) is 4.45. The van der Waals surface area contributed by atoms with Gasteiger partial charge in [0.15, 0.2) is 0 Å². The zero-order valence-corrected chi connectivity index (χ0v) is 9.34. The van der Waals surface area contributed by atoms with E-state index in [1.54, 1.807) is 12.1 Å². The Bertz CT molecular complexity index is 491. The molecule has 1 aromatic heterocycles. The van der Waals surface area contributed by atoms with Crippen molar-refractivity contribution < 1.29 is 4.39 Å². The summed E-state index contributed by atoms with van der Waals surface area (Å²) in [7, 11) is 1.85. The lowest BCUT2D eigenvalue weighted by Crippen LogP contribution is -2.06. The number of aryl methyl sites for hydroxylation is 1. The minimum absolute atomic E-state index is 0.244. The maximum Gasteiger partial charge on any atom is 0.132 e. The molecule has 0 aliphatic heterocycles. The number of H-pyrrole nitrogens is 1. The molecule has 0 aliphatic rings. The van der Waals surface area contributed by atoms with Crippen molar-refractivity contribution in [3.63, 3.8) is 0 Å². The predicted octanol–water partition coefficient (Wildman–Crippen LogP) is 2.24. The summed E-state index contributed by atoms with van der Waals surface area (Å²) >= 11 is 0. The molecule has 0 saturated heterocycles. The lowest BCUT2D eigenvalue weighted by molar-refractivity contribution is 0.630. The van der Waals surface area contributed by atoms with E-state index < -0.39 is 0 Å². The number of hydrogen-bond acceptors (Lipinski definition) is 2. The molecule has 16 heavy (non-hydrogen) atoms. The fourth-order valence-corrected chi connectivity index (χ4v) is 1.72. The molecule has 1 aromatic carbocycles. The first-order valence-electron chi connectivity index (χ1n) is 5.17. The van der Waals surface area contributed by atoms with E-state index >= 15 is 0 Å². The van der Waals surface area contributed by atoms with Gasteiger partial charge in [0.2, 0.25) is 0 Å². The molecule has 0 bridgehead atoms. The predicted molar refractivity (Wildman–Crippen MR) is 61.5 cm³/mol. The molecule has 0 aliphatic carbocycles. The molecule has 0 unspecified atom stereocenters. The standard InChI is InChI=1S/C12H14FN3/c1-8-15-11(7-14-2)12(16-8)9-5-3-4-6-10(9)13/h3-6,14H,7H2,1-2H3,(H,15,16). The van der Waals surface area contributed by atoms with Gasteiger partial charge in [-0.1, -0.05) is 12.1 Å². The van der Waals surface area contributed by atoms with Crippen LogP contribution in [0.1, 0.15) is 11.5 Å². The van der Waals surface area contributed by atoms with E-state index in [1.165, 1.54) is 6.07 Å². The first-order chi connectivity index (χ1) is 7.72. The van der Waals surface area contributed by atoms with E-state index in [0.717, 1.165) is 11.5 Å². The third-order valence-electron chi connectivity index (χ3n) is 2.38. The first-order valence-corrected chi connectivity index (χ1v) is 5.17. The lowest BCUT2D eigenvalue weighted by atomic mass is 10.1. The van der Waals surface area contributed by atoms with Gasteiger partial charge in [0.25, 0.3) is 0 Å². The number of hydrogen-bond donors (Lipinski definition) is 2. The van der Waals surface area contributed by atoms with Gasteiger partial charge in [-0.05, 0) is 26.1 Å². The number of rotatable bonds is 3. The van der Waals surface area contributed by atoms with Crippen LogP contribution in [0.15, 0.2) is 24.3 Å². The molecule has 1 heterocycles. The molecule has 0 fully saturated rings. The molecular formula is C12H14FN3. The third-order valence-corrected chi connectivity index (χ3v) is 2.38. The molecular weight excluding hydrogens is 205 g/mol. The smallest absolute Gasteiger partial charge is 0.132 e. The maximum absolute atomic E-state index is 13.6. The van der Waals surface area contributed by atoms with Gasteiger partial charge in [-0.25, -0.2) is 9.37 Å². The van der Waals surface area contributed by atoms with Crippen LogP contribution in [0.2, 0.25) is 0 Å². The molecule has 2 N–H and O–H groups in total. The second-order valence-corrected chi connectivity index (χ2v) is 3.66. The maximum atomic E-state index is 13.6. The van der Waals surface area contributed by atoms with E-state index in [1.807, 2.05) is 20.0 Å². The summed E-state index contributed by atoms with van der Waals surface area (Å²) in [5, 5.41) is 3.03. The van der Waals surface area contributed by atoms with Crippen LogP contribution in [0.5, 0.6) is 0 Å². The van der Waals surface area contributed by atoms with Gasteiger partial charge in [0.1, 0.15) is 11.6 Å². The topological polar surface area (TPSA) is 40.7 Å². The third kappa shape index (κ3) is 1.97. The molecule has 0 spiro atoms. The lowest BCUT2D eigenvalue weighted by Gasteiger charge is -2.03. The SMILES string of the molecule is CNCc1[nH]c(C)nc1-c1ccccc1F. The summed E-state index contributed by atoms with van der Waals surface area (Å²) in [4.78, 5) is 7.46. The Morgan fingerprint density at radius 2 is 2.12 bits per heavy atom. The Morgan fingerprint density at radius 3 is 2.81 bits per heavy atom. The highest BCUT2D eigenvalue weighted by molar-refractivity contribution is 5.62. The quantitative estimate of drug-likeness (QED) is 0.831. The van der Waals surface area contributed by atoms with Gasteiger partial charge >= 0.3 is 0 Å². The van der Waals surface area contributed by atoms with Gasteiger partial charge in [0.05, 0.1) is 11.4 Å². The number of aromatic nitrogens is 2. The fourth-order valence-electron chi connectivity index (χ4n) is 1.72. The highest BCUT2D eigenvalue weighted by atomic mass is 19.1. The van der Waals surface area contributed by atoms with Crippen LogP contribution in [0, 0.1) is 12.7 Å². The van der Waals surface area contributed by atoms with Gasteiger partial charge in [-0.3, -0.25) is 0 Å². The number of nitrogens with one attached hydrogen (secondary N) is 2. The van der Waals surface area contributed by atoms with Crippen molar-refractivity contribution in [1.82, 2.24) is 15.3 Å². The van der Waals surface area contributed by atoms with Crippen molar-refractivity contribution >= 4 is 0 Å². The molecule has 3 nitrogen and oxygen atoms in total. The number of halogens is 1. The van der Waals surface area contributed by atoms with Gasteiger partial charge in [-0.15, -0.1) is 0 Å². The average Bonchev–Trinajstić information content (AvgIpc) is 2.61. The molecule has 4 heteroatoms. The van der Waals surface area contributed by atoms with Crippen LogP contribution in [-0.2, 0) is 6.54 Å². The summed E-state index contributed by atoms with van der Waals surface area (Å²) in [5.74, 6) is 0.551. The van der Waals surface area contributed by atoms with Crippen molar-refractivity contribution in [2.24, 2.45) is 0 Å². The molecule has 2 aromatic rings. The Kier molecular flexibility index (Phi) is 3.01. The highest BCUT2D eigenvalue weighted by Crippen LogP contribution is 2.24. The zero-order chi connectivity index (χ0) is 11.5. The molecule has 0 radical (unpaired) electrons. The number of nitrogens with zero attached hydrogens (tertiary/aromatic N) is 1. The Hall–Kier alpha value is -1.68. The van der Waals surface area contributed by atoms with Gasteiger partial charge in [-0.2, -0.15) is 0 Å². The number of aromatic amines is 1. The van der Waals surface area contributed by atoms with Gasteiger partial charge in [0, 0.05) is 12.1 Å². The Labute approximate surface area is 93.7 Å². The summed E-state index contributed by atoms with van der Waals surface area (Å²) in [6.45, 7) is 2.51. The van der Waals surface area contributed by atoms with Crippen LogP contribution in [0.4, 0.5) is 4.39 Å². The number of imidazole rings is 1. The van der Waals surface area contributed by atoms with Crippen LogP contribution >= 0.6 is 0 Å². The van der Waals surface area contributed by atoms with E-state index in [-0.39, 0.29) is 5.82 Å². The zero-order valence-electron chi connectivity index (χ0n) is 9.34. The molecule has 0 atom stereocenters. The van der Waals surface area contributed by atoms with Crippen LogP contribution in [0.3, 0.4) is 0 Å². The summed E-state index contributed by atoms with van der Waals surface area (Å²) in [5.41, 5.74) is 2.13. The highest BCUT2D eigenvalue weighted by Gasteiger charge is 2.12. The molecule has 0 amide bonds. The normalized spacial score (nSPS) is 10.7. The largest absolute Gasteiger partial charge is 0.345 e. The minimum Gasteiger partial charge on any atom is -0.345 e. The molecule has 2 rings (SSSR count). The van der Waals surface area contributed by atoms with Crippen LogP contribution in [0.25, 0.3) is 11.3 Å². The van der Waals surface area contributed by atoms with Crippen molar-refractivity contribution in [3.05, 3.63) is 41.6 Å². The summed E-state index contributed by atoms with van der Waals surface area (Å²) in [6.07, 6.45) is 0. The summed E-state index contributed by atoms with van der Waals surface area (Å²) in [6, 6.07) is 6.67. The van der Waals surface area contributed by atoms with Crippen molar-refractivity contribution in [2.45, 2.75) is 13.5 Å². The van der Waals surface area contributed by atoms with Crippen molar-refractivity contribution in [2.75, 3.05) is 7.05 Å². The van der Waals surface area contributed by atoms with Crippen LogP contribution in [-0.4, -0.2) is 17.0 Å². The fraction of sp³-hybridized carbons (Fsp3) is 0.250. The van der Waals surface area contributed by atoms with Gasteiger partial charge < -0.3 is 10.3 Å². The van der Waals surface area contributed by atoms with E-state index in [9.17, 15) is 4.39 Å². The minimum atomic E-state index is -0.244. The molecule has 0 saturated carbocycles. The van der Waals surface area contributed by atoms with Crippen molar-refractivity contribution in [1.29, 1.82) is 0 Å². The average molecular weight is 219 g/mol.